The summed E-state index contributed by atoms with van der Waals surface area (Å²) in [5, 5.41) is 11.5. The maximum atomic E-state index is 11.8. The first-order valence-corrected chi connectivity index (χ1v) is 6.77. The van der Waals surface area contributed by atoms with Crippen molar-refractivity contribution in [3.8, 4) is 0 Å². The molecule has 1 heterocycles. The minimum atomic E-state index is -2.51. The second-order valence-electron chi connectivity index (χ2n) is 4.74. The molecule has 1 rings (SSSR count). The van der Waals surface area contributed by atoms with Crippen LogP contribution in [0.1, 0.15) is 6.92 Å². The first-order valence-electron chi connectivity index (χ1n) is 6.77. The number of carbonyl (C=O) groups excluding carboxylic acids is 1. The maximum absolute atomic E-state index is 11.8. The molecule has 0 spiro atoms. The molecular formula is C12H21F2N3O4. The molecule has 9 heteroatoms. The van der Waals surface area contributed by atoms with Gasteiger partial charge in [0, 0.05) is 32.7 Å². The van der Waals surface area contributed by atoms with Crippen LogP contribution in [-0.4, -0.2) is 85.3 Å². The number of carboxylic acid groups (broad SMARTS) is 1. The summed E-state index contributed by atoms with van der Waals surface area (Å²) in [5.74, 6) is -0.885. The Kier molecular flexibility index (Phi) is 7.30. The van der Waals surface area contributed by atoms with E-state index in [0.717, 1.165) is 0 Å². The van der Waals surface area contributed by atoms with Crippen molar-refractivity contribution in [1.29, 1.82) is 0 Å². The highest BCUT2D eigenvalue weighted by molar-refractivity contribution is 5.74. The van der Waals surface area contributed by atoms with Crippen molar-refractivity contribution in [2.75, 3.05) is 45.9 Å². The monoisotopic (exact) mass is 309 g/mol. The van der Waals surface area contributed by atoms with Gasteiger partial charge >= 0.3 is 12.0 Å². The highest BCUT2D eigenvalue weighted by atomic mass is 19.3. The fourth-order valence-corrected chi connectivity index (χ4v) is 1.98. The van der Waals surface area contributed by atoms with Crippen LogP contribution in [0.2, 0.25) is 0 Å². The van der Waals surface area contributed by atoms with Gasteiger partial charge in [0.1, 0.15) is 12.6 Å². The lowest BCUT2D eigenvalue weighted by Crippen LogP contribution is -2.55. The van der Waals surface area contributed by atoms with Crippen molar-refractivity contribution in [3.63, 3.8) is 0 Å². The minimum Gasteiger partial charge on any atom is -0.480 e. The van der Waals surface area contributed by atoms with Gasteiger partial charge in [0.15, 0.2) is 0 Å². The number of amides is 2. The van der Waals surface area contributed by atoms with Crippen molar-refractivity contribution in [2.24, 2.45) is 0 Å². The third kappa shape index (κ3) is 6.21. The molecule has 122 valence electrons. The lowest BCUT2D eigenvalue weighted by atomic mass is 10.2. The van der Waals surface area contributed by atoms with Crippen LogP contribution in [0.3, 0.4) is 0 Å². The van der Waals surface area contributed by atoms with Crippen molar-refractivity contribution in [1.82, 2.24) is 15.1 Å². The molecule has 2 amide bonds. The molecule has 1 unspecified atom stereocenters. The predicted molar refractivity (Wildman–Crippen MR) is 70.5 cm³/mol. The average Bonchev–Trinajstić information content (AvgIpc) is 2.45. The molecule has 2 N–H and O–H groups in total. The Bertz CT molecular complexity index is 349. The third-order valence-electron chi connectivity index (χ3n) is 3.27. The van der Waals surface area contributed by atoms with E-state index in [1.807, 2.05) is 0 Å². The second-order valence-corrected chi connectivity index (χ2v) is 4.74. The van der Waals surface area contributed by atoms with Gasteiger partial charge in [0.25, 0.3) is 6.43 Å². The van der Waals surface area contributed by atoms with Crippen LogP contribution < -0.4 is 5.32 Å². The number of hydrogen-bond donors (Lipinski definition) is 2. The Morgan fingerprint density at radius 1 is 1.29 bits per heavy atom. The molecule has 0 aromatic carbocycles. The minimum absolute atomic E-state index is 0.0338. The van der Waals surface area contributed by atoms with Crippen LogP contribution in [0, 0.1) is 0 Å². The van der Waals surface area contributed by atoms with E-state index in [-0.39, 0.29) is 19.2 Å². The normalized spacial score (nSPS) is 17.8. The number of carboxylic acids is 1. The lowest BCUT2D eigenvalue weighted by Gasteiger charge is -2.36. The van der Waals surface area contributed by atoms with Gasteiger partial charge in [-0.05, 0) is 6.92 Å². The van der Waals surface area contributed by atoms with E-state index in [0.29, 0.717) is 26.2 Å². The molecule has 21 heavy (non-hydrogen) atoms. The Balaban J connectivity index is 2.18. The van der Waals surface area contributed by atoms with Crippen LogP contribution >= 0.6 is 0 Å². The molecule has 1 aliphatic heterocycles. The van der Waals surface area contributed by atoms with Gasteiger partial charge in [-0.15, -0.1) is 0 Å². The van der Waals surface area contributed by atoms with E-state index < -0.39 is 25.0 Å². The zero-order valence-electron chi connectivity index (χ0n) is 11.9. The number of halogens is 2. The molecule has 0 aromatic rings. The van der Waals surface area contributed by atoms with E-state index in [9.17, 15) is 18.4 Å². The fourth-order valence-electron chi connectivity index (χ4n) is 1.98. The maximum Gasteiger partial charge on any atom is 0.320 e. The standard InChI is InChI=1S/C12H21F2N3O4/c1-9(11(18)19)16-3-5-17(6-4-16)12(20)15-2-7-21-8-10(13)14/h9-10H,2-8H2,1H3,(H,15,20)(H,18,19). The Morgan fingerprint density at radius 3 is 2.43 bits per heavy atom. The topological polar surface area (TPSA) is 82.1 Å². The second kappa shape index (κ2) is 8.73. The molecule has 0 saturated carbocycles. The molecule has 0 aromatic heterocycles. The Labute approximate surface area is 121 Å². The van der Waals surface area contributed by atoms with Gasteiger partial charge in [-0.3, -0.25) is 9.69 Å². The number of rotatable bonds is 7. The van der Waals surface area contributed by atoms with Gasteiger partial charge in [-0.25, -0.2) is 13.6 Å². The number of nitrogens with one attached hydrogen (secondary N) is 1. The SMILES string of the molecule is CC(C(=O)O)N1CCN(C(=O)NCCOCC(F)F)CC1. The smallest absolute Gasteiger partial charge is 0.320 e. The zero-order chi connectivity index (χ0) is 15.8. The van der Waals surface area contributed by atoms with E-state index in [4.69, 9.17) is 5.11 Å². The summed E-state index contributed by atoms with van der Waals surface area (Å²) in [7, 11) is 0. The van der Waals surface area contributed by atoms with Gasteiger partial charge in [-0.2, -0.15) is 0 Å². The highest BCUT2D eigenvalue weighted by Crippen LogP contribution is 2.06. The van der Waals surface area contributed by atoms with Gasteiger partial charge in [-0.1, -0.05) is 0 Å². The van der Waals surface area contributed by atoms with E-state index in [1.54, 1.807) is 16.7 Å². The van der Waals surface area contributed by atoms with Gasteiger partial charge in [0.2, 0.25) is 0 Å². The van der Waals surface area contributed by atoms with E-state index in [1.165, 1.54) is 0 Å². The number of aliphatic carboxylic acids is 1. The average molecular weight is 309 g/mol. The van der Waals surface area contributed by atoms with E-state index in [2.05, 4.69) is 10.1 Å². The van der Waals surface area contributed by atoms with Crippen LogP contribution in [0.4, 0.5) is 13.6 Å². The summed E-state index contributed by atoms with van der Waals surface area (Å²) in [6.07, 6.45) is -2.51. The third-order valence-corrected chi connectivity index (χ3v) is 3.27. The number of urea groups is 1. The molecule has 7 nitrogen and oxygen atoms in total. The van der Waals surface area contributed by atoms with Crippen molar-refractivity contribution < 1.29 is 28.2 Å². The quantitative estimate of drug-likeness (QED) is 0.650. The molecule has 0 bridgehead atoms. The molecular weight excluding hydrogens is 288 g/mol. The Hall–Kier alpha value is -1.48. The van der Waals surface area contributed by atoms with Crippen LogP contribution in [-0.2, 0) is 9.53 Å². The highest BCUT2D eigenvalue weighted by Gasteiger charge is 2.26. The first kappa shape index (κ1) is 17.6. The largest absolute Gasteiger partial charge is 0.480 e. The van der Waals surface area contributed by atoms with Crippen LogP contribution in [0.25, 0.3) is 0 Å². The number of alkyl halides is 2. The molecule has 1 aliphatic rings. The summed E-state index contributed by atoms with van der Waals surface area (Å²) in [4.78, 5) is 26.0. The number of ether oxygens (including phenoxy) is 1. The first-order chi connectivity index (χ1) is 9.91. The van der Waals surface area contributed by atoms with Crippen molar-refractivity contribution in [2.45, 2.75) is 19.4 Å². The fraction of sp³-hybridized carbons (Fsp3) is 0.833. The van der Waals surface area contributed by atoms with Gasteiger partial charge in [0.05, 0.1) is 6.61 Å². The summed E-state index contributed by atoms with van der Waals surface area (Å²) < 4.78 is 28.3. The van der Waals surface area contributed by atoms with Crippen LogP contribution in [0.5, 0.6) is 0 Å². The summed E-state index contributed by atoms with van der Waals surface area (Å²) >= 11 is 0. The predicted octanol–water partition coefficient (Wildman–Crippen LogP) is 0.0684. The van der Waals surface area contributed by atoms with E-state index >= 15 is 0 Å². The summed E-state index contributed by atoms with van der Waals surface area (Å²) in [5.41, 5.74) is 0. The Morgan fingerprint density at radius 2 is 1.90 bits per heavy atom. The van der Waals surface area contributed by atoms with Gasteiger partial charge < -0.3 is 20.1 Å². The summed E-state index contributed by atoms with van der Waals surface area (Å²) in [6, 6.07) is -0.865. The zero-order valence-corrected chi connectivity index (χ0v) is 11.9. The number of piperazine rings is 1. The number of carbonyl (C=O) groups is 2. The van der Waals surface area contributed by atoms with Crippen LogP contribution in [0.15, 0.2) is 0 Å². The van der Waals surface area contributed by atoms with Crippen molar-refractivity contribution in [3.05, 3.63) is 0 Å². The molecule has 1 saturated heterocycles. The molecule has 0 radical (unpaired) electrons. The molecule has 0 aliphatic carbocycles. The number of nitrogens with zero attached hydrogens (tertiary/aromatic N) is 2. The molecule has 1 atom stereocenters. The summed E-state index contributed by atoms with van der Waals surface area (Å²) in [6.45, 7) is 3.01. The number of hydrogen-bond acceptors (Lipinski definition) is 4. The molecule has 1 fully saturated rings. The lowest BCUT2D eigenvalue weighted by molar-refractivity contribution is -0.143. The van der Waals surface area contributed by atoms with Crippen molar-refractivity contribution >= 4 is 12.0 Å².